The van der Waals surface area contributed by atoms with Gasteiger partial charge < -0.3 is 9.84 Å². The molecule has 0 aliphatic carbocycles. The van der Waals surface area contributed by atoms with Gasteiger partial charge in [-0.15, -0.1) is 0 Å². The van der Waals surface area contributed by atoms with E-state index in [9.17, 15) is 9.59 Å². The van der Waals surface area contributed by atoms with Crippen molar-refractivity contribution in [1.82, 2.24) is 0 Å². The van der Waals surface area contributed by atoms with E-state index >= 15 is 0 Å². The van der Waals surface area contributed by atoms with Crippen LogP contribution in [0.3, 0.4) is 0 Å². The van der Waals surface area contributed by atoms with Gasteiger partial charge in [0.2, 0.25) is 0 Å². The van der Waals surface area contributed by atoms with Crippen LogP contribution in [-0.2, 0) is 9.53 Å². The number of rotatable bonds is 1. The monoisotopic (exact) mass is 130 g/mol. The molecular weight excluding hydrogens is 124 g/mol. The highest BCUT2D eigenvalue weighted by Crippen LogP contribution is 1.90. The molecule has 0 atom stereocenters. The fourth-order valence-electron chi connectivity index (χ4n) is 0.166. The summed E-state index contributed by atoms with van der Waals surface area (Å²) in [6.07, 6.45) is -1.61. The summed E-state index contributed by atoms with van der Waals surface area (Å²) in [7, 11) is 0. The molecular formula is C5H6O4. The van der Waals surface area contributed by atoms with Crippen molar-refractivity contribution in [3.05, 3.63) is 12.2 Å². The minimum absolute atomic E-state index is 0.0670. The van der Waals surface area contributed by atoms with Crippen molar-refractivity contribution in [2.24, 2.45) is 0 Å². The smallest absolute Gasteiger partial charge is 0.449 e. The first-order valence-corrected chi connectivity index (χ1v) is 2.14. The van der Waals surface area contributed by atoms with E-state index in [0.29, 0.717) is 0 Å². The zero-order valence-corrected chi connectivity index (χ0v) is 4.88. The third-order valence-electron chi connectivity index (χ3n) is 0.528. The number of hydrogen-bond acceptors (Lipinski definition) is 3. The van der Waals surface area contributed by atoms with Gasteiger partial charge in [0.1, 0.15) is 0 Å². The highest BCUT2D eigenvalue weighted by Gasteiger charge is 2.07. The van der Waals surface area contributed by atoms with Crippen LogP contribution in [0.2, 0.25) is 0 Å². The van der Waals surface area contributed by atoms with E-state index in [0.717, 1.165) is 0 Å². The average molecular weight is 130 g/mol. The maximum atomic E-state index is 10.3. The molecule has 0 rings (SSSR count). The quantitative estimate of drug-likeness (QED) is 0.323. The van der Waals surface area contributed by atoms with Gasteiger partial charge in [0, 0.05) is 5.57 Å². The second-order valence-electron chi connectivity index (χ2n) is 1.44. The Kier molecular flexibility index (Phi) is 2.44. The zero-order chi connectivity index (χ0) is 7.44. The first-order chi connectivity index (χ1) is 4.04. The maximum absolute atomic E-state index is 10.3. The maximum Gasteiger partial charge on any atom is 0.513 e. The lowest BCUT2D eigenvalue weighted by atomic mass is 10.4. The van der Waals surface area contributed by atoms with E-state index in [1.165, 1.54) is 6.92 Å². The van der Waals surface area contributed by atoms with Crippen molar-refractivity contribution in [3.63, 3.8) is 0 Å². The average Bonchev–Trinajstić information content (AvgIpc) is 1.63. The third kappa shape index (κ3) is 3.28. The molecule has 0 spiro atoms. The van der Waals surface area contributed by atoms with E-state index in [1.54, 1.807) is 0 Å². The number of esters is 1. The van der Waals surface area contributed by atoms with E-state index < -0.39 is 12.1 Å². The molecule has 0 fully saturated rings. The van der Waals surface area contributed by atoms with Crippen LogP contribution in [0.4, 0.5) is 4.79 Å². The lowest BCUT2D eigenvalue weighted by molar-refractivity contribution is -0.134. The Morgan fingerprint density at radius 2 is 2.00 bits per heavy atom. The van der Waals surface area contributed by atoms with Gasteiger partial charge in [-0.2, -0.15) is 0 Å². The van der Waals surface area contributed by atoms with Crippen molar-refractivity contribution < 1.29 is 19.4 Å². The molecule has 0 amide bonds. The van der Waals surface area contributed by atoms with E-state index in [4.69, 9.17) is 5.11 Å². The summed E-state index contributed by atoms with van der Waals surface area (Å²) in [5.74, 6) is -0.914. The Hall–Kier alpha value is -1.32. The molecule has 0 unspecified atom stereocenters. The molecule has 4 heteroatoms. The zero-order valence-electron chi connectivity index (χ0n) is 4.88. The fourth-order valence-corrected chi connectivity index (χ4v) is 0.166. The largest absolute Gasteiger partial charge is 0.513 e. The normalized spacial score (nSPS) is 8.11. The Morgan fingerprint density at radius 1 is 1.56 bits per heavy atom. The van der Waals surface area contributed by atoms with Crippen LogP contribution in [0, 0.1) is 0 Å². The molecule has 0 aromatic carbocycles. The van der Waals surface area contributed by atoms with Gasteiger partial charge in [-0.25, -0.2) is 9.59 Å². The van der Waals surface area contributed by atoms with Crippen molar-refractivity contribution in [2.75, 3.05) is 0 Å². The summed E-state index contributed by atoms with van der Waals surface area (Å²) in [6, 6.07) is 0. The van der Waals surface area contributed by atoms with Crippen LogP contribution in [0.25, 0.3) is 0 Å². The summed E-state index contributed by atoms with van der Waals surface area (Å²) in [5.41, 5.74) is 0.0670. The van der Waals surface area contributed by atoms with Gasteiger partial charge >= 0.3 is 12.1 Å². The topological polar surface area (TPSA) is 63.6 Å². The minimum atomic E-state index is -1.61. The molecule has 0 bridgehead atoms. The van der Waals surface area contributed by atoms with Gasteiger partial charge in [0.05, 0.1) is 0 Å². The Morgan fingerprint density at radius 3 is 2.11 bits per heavy atom. The van der Waals surface area contributed by atoms with Gasteiger partial charge in [0.25, 0.3) is 0 Å². The number of carboxylic acid groups (broad SMARTS) is 1. The highest BCUT2D eigenvalue weighted by molar-refractivity contribution is 5.93. The predicted molar refractivity (Wildman–Crippen MR) is 28.9 cm³/mol. The minimum Gasteiger partial charge on any atom is -0.449 e. The Labute approximate surface area is 51.7 Å². The molecule has 0 saturated heterocycles. The van der Waals surface area contributed by atoms with Gasteiger partial charge in [-0.05, 0) is 6.92 Å². The molecule has 0 aromatic heterocycles. The van der Waals surface area contributed by atoms with Crippen LogP contribution in [0.15, 0.2) is 12.2 Å². The molecule has 0 radical (unpaired) electrons. The van der Waals surface area contributed by atoms with Gasteiger partial charge in [0.15, 0.2) is 0 Å². The molecule has 0 heterocycles. The molecule has 1 N–H and O–H groups in total. The number of ether oxygens (including phenoxy) is 1. The Bertz CT molecular complexity index is 158. The van der Waals surface area contributed by atoms with Gasteiger partial charge in [-0.1, -0.05) is 6.58 Å². The highest BCUT2D eigenvalue weighted by atomic mass is 16.7. The molecule has 0 saturated carbocycles. The van der Waals surface area contributed by atoms with Crippen LogP contribution in [0.1, 0.15) is 6.92 Å². The van der Waals surface area contributed by atoms with Crippen molar-refractivity contribution in [3.8, 4) is 0 Å². The third-order valence-corrected chi connectivity index (χ3v) is 0.528. The SMILES string of the molecule is C=C(C)C(=O)OC(=O)O. The van der Waals surface area contributed by atoms with E-state index in [2.05, 4.69) is 11.3 Å². The molecule has 0 aliphatic heterocycles. The molecule has 4 nitrogen and oxygen atoms in total. The molecule has 50 valence electrons. The van der Waals surface area contributed by atoms with Crippen molar-refractivity contribution in [1.29, 1.82) is 0 Å². The summed E-state index contributed by atoms with van der Waals surface area (Å²) in [6.45, 7) is 4.54. The lowest BCUT2D eigenvalue weighted by Crippen LogP contribution is -2.09. The summed E-state index contributed by atoms with van der Waals surface area (Å²) in [4.78, 5) is 19.9. The van der Waals surface area contributed by atoms with E-state index in [1.807, 2.05) is 0 Å². The van der Waals surface area contributed by atoms with Crippen LogP contribution in [-0.4, -0.2) is 17.2 Å². The second kappa shape index (κ2) is 2.86. The first kappa shape index (κ1) is 7.68. The lowest BCUT2D eigenvalue weighted by Gasteiger charge is -1.93. The molecule has 0 aliphatic rings. The number of carbonyl (C=O) groups is 2. The summed E-state index contributed by atoms with van der Waals surface area (Å²) in [5, 5.41) is 7.85. The number of hydrogen-bond donors (Lipinski definition) is 1. The second-order valence-corrected chi connectivity index (χ2v) is 1.44. The molecule has 0 aromatic rings. The first-order valence-electron chi connectivity index (χ1n) is 2.14. The van der Waals surface area contributed by atoms with Crippen LogP contribution >= 0.6 is 0 Å². The van der Waals surface area contributed by atoms with Gasteiger partial charge in [-0.3, -0.25) is 0 Å². The van der Waals surface area contributed by atoms with Crippen molar-refractivity contribution >= 4 is 12.1 Å². The van der Waals surface area contributed by atoms with E-state index in [-0.39, 0.29) is 5.57 Å². The van der Waals surface area contributed by atoms with Crippen LogP contribution < -0.4 is 0 Å². The van der Waals surface area contributed by atoms with Crippen molar-refractivity contribution in [2.45, 2.75) is 6.92 Å². The molecule has 9 heavy (non-hydrogen) atoms. The summed E-state index contributed by atoms with van der Waals surface area (Å²) >= 11 is 0. The number of carbonyl (C=O) groups excluding carboxylic acids is 1. The fraction of sp³-hybridized carbons (Fsp3) is 0.200. The standard InChI is InChI=1S/C5H6O4/c1-3(2)4(6)9-5(7)8/h1H2,2H3,(H,7,8). The van der Waals surface area contributed by atoms with Crippen LogP contribution in [0.5, 0.6) is 0 Å². The summed E-state index contributed by atoms with van der Waals surface area (Å²) < 4.78 is 3.69. The Balaban J connectivity index is 3.79. The predicted octanol–water partition coefficient (Wildman–Crippen LogP) is 0.784.